The fourth-order valence-electron chi connectivity index (χ4n) is 1.91. The summed E-state index contributed by atoms with van der Waals surface area (Å²) in [4.78, 5) is -0.185. The van der Waals surface area contributed by atoms with E-state index in [0.29, 0.717) is 12.1 Å². The van der Waals surface area contributed by atoms with Crippen molar-refractivity contribution in [1.82, 2.24) is 5.32 Å². The molecule has 19 heavy (non-hydrogen) atoms. The largest absolute Gasteiger partial charge is 0.399 e. The quantitative estimate of drug-likeness (QED) is 0.362. The lowest BCUT2D eigenvalue weighted by Crippen LogP contribution is -2.58. The number of piperidine rings is 1. The molecule has 1 aliphatic heterocycles. The molecule has 1 atom stereocenters. The Morgan fingerprint density at radius 3 is 2.47 bits per heavy atom. The summed E-state index contributed by atoms with van der Waals surface area (Å²) >= 11 is 4.63. The molecule has 2 nitrogen and oxygen atoms in total. The highest BCUT2D eigenvalue weighted by atomic mass is 32.1. The summed E-state index contributed by atoms with van der Waals surface area (Å²) in [6.07, 6.45) is -1.13. The van der Waals surface area contributed by atoms with Crippen LogP contribution < -0.4 is 11.1 Å². The molecule has 1 aromatic carbocycles. The molecule has 1 aromatic rings. The molecule has 2 rings (SSSR count). The van der Waals surface area contributed by atoms with E-state index >= 15 is 0 Å². The summed E-state index contributed by atoms with van der Waals surface area (Å²) in [6, 6.07) is 1.22. The zero-order valence-electron chi connectivity index (χ0n) is 9.44. The minimum absolute atomic E-state index is 0.185. The summed E-state index contributed by atoms with van der Waals surface area (Å²) in [5.74, 6) is -10.8. The molecule has 1 aliphatic rings. The maximum absolute atomic E-state index is 14.5. The molecule has 0 unspecified atom stereocenters. The van der Waals surface area contributed by atoms with Gasteiger partial charge in [-0.15, -0.1) is 0 Å². The number of nitrogens with two attached hydrogens (primary N) is 1. The van der Waals surface area contributed by atoms with Gasteiger partial charge in [0.2, 0.25) is 0 Å². The highest BCUT2D eigenvalue weighted by molar-refractivity contribution is 7.80. The van der Waals surface area contributed by atoms with Crippen LogP contribution in [0.1, 0.15) is 18.4 Å². The maximum atomic E-state index is 14.5. The zero-order valence-corrected chi connectivity index (χ0v) is 10.3. The van der Waals surface area contributed by atoms with E-state index in [1.165, 1.54) is 0 Å². The predicted octanol–water partition coefficient (Wildman–Crippen LogP) is 3.02. The lowest BCUT2D eigenvalue weighted by atomic mass is 9.90. The van der Waals surface area contributed by atoms with Crippen molar-refractivity contribution < 1.29 is 22.0 Å². The minimum atomic E-state index is -3.93. The molecule has 0 spiro atoms. The van der Waals surface area contributed by atoms with Crippen molar-refractivity contribution in [2.45, 2.75) is 24.6 Å². The van der Waals surface area contributed by atoms with Crippen LogP contribution in [-0.4, -0.2) is 10.9 Å². The Balaban J connectivity index is 2.63. The third-order valence-corrected chi connectivity index (χ3v) is 3.21. The average molecular weight is 296 g/mol. The van der Waals surface area contributed by atoms with Gasteiger partial charge in [0.25, 0.3) is 5.79 Å². The molecule has 8 heteroatoms. The Bertz CT molecular complexity index is 548. The first-order valence-electron chi connectivity index (χ1n) is 5.30. The number of hydrogen-bond acceptors (Lipinski definition) is 2. The Labute approximate surface area is 110 Å². The molecular weight excluding hydrogens is 287 g/mol. The van der Waals surface area contributed by atoms with Crippen LogP contribution in [0.25, 0.3) is 0 Å². The monoisotopic (exact) mass is 296 g/mol. The van der Waals surface area contributed by atoms with E-state index in [1.807, 2.05) is 0 Å². The average Bonchev–Trinajstić information content (AvgIpc) is 2.29. The summed E-state index contributed by atoms with van der Waals surface area (Å²) in [7, 11) is 0. The molecule has 0 aromatic heterocycles. The normalized spacial score (nSPS) is 26.1. The fraction of sp³-hybridized carbons (Fsp3) is 0.364. The number of nitrogens with one attached hydrogen (secondary N) is 1. The summed E-state index contributed by atoms with van der Waals surface area (Å²) in [6.45, 7) is 0. The molecule has 0 amide bonds. The Kier molecular flexibility index (Phi) is 3.16. The molecule has 0 saturated carbocycles. The van der Waals surface area contributed by atoms with Crippen LogP contribution in [0.4, 0.5) is 27.6 Å². The number of benzene rings is 1. The lowest BCUT2D eigenvalue weighted by Gasteiger charge is -2.39. The van der Waals surface area contributed by atoms with Crippen LogP contribution >= 0.6 is 12.2 Å². The first-order chi connectivity index (χ1) is 8.67. The van der Waals surface area contributed by atoms with E-state index in [0.717, 1.165) is 0 Å². The number of anilines is 1. The summed E-state index contributed by atoms with van der Waals surface area (Å²) in [5.41, 5.74) is 3.69. The van der Waals surface area contributed by atoms with Gasteiger partial charge in [-0.25, -0.2) is 22.0 Å². The molecule has 0 bridgehead atoms. The smallest absolute Gasteiger partial charge is 0.304 e. The third kappa shape index (κ3) is 2.13. The molecule has 104 valence electrons. The van der Waals surface area contributed by atoms with Crippen LogP contribution in [0, 0.1) is 11.6 Å². The number of hydrogen-bond donors (Lipinski definition) is 2. The highest BCUT2D eigenvalue weighted by Gasteiger charge is 2.60. The number of nitrogen functional groups attached to an aromatic ring is 1. The van der Waals surface area contributed by atoms with Crippen molar-refractivity contribution in [1.29, 1.82) is 0 Å². The van der Waals surface area contributed by atoms with Crippen molar-refractivity contribution in [2.75, 3.05) is 5.73 Å². The van der Waals surface area contributed by atoms with Crippen LogP contribution in [-0.2, 0) is 5.79 Å². The highest BCUT2D eigenvalue weighted by Crippen LogP contribution is 2.46. The second kappa shape index (κ2) is 4.29. The zero-order chi connectivity index (χ0) is 14.4. The number of rotatable bonds is 1. The van der Waals surface area contributed by atoms with Gasteiger partial charge >= 0.3 is 5.92 Å². The van der Waals surface area contributed by atoms with Crippen LogP contribution in [0.5, 0.6) is 0 Å². The molecule has 1 fully saturated rings. The van der Waals surface area contributed by atoms with E-state index in [2.05, 4.69) is 12.2 Å². The van der Waals surface area contributed by atoms with Gasteiger partial charge in [-0.05, 0) is 12.1 Å². The van der Waals surface area contributed by atoms with E-state index in [-0.39, 0.29) is 17.1 Å². The molecule has 1 saturated heterocycles. The maximum Gasteiger partial charge on any atom is 0.304 e. The third-order valence-electron chi connectivity index (χ3n) is 2.90. The summed E-state index contributed by atoms with van der Waals surface area (Å²) < 4.78 is 68.8. The van der Waals surface area contributed by atoms with Gasteiger partial charge in [0.05, 0.1) is 10.6 Å². The molecule has 0 aliphatic carbocycles. The Hall–Kier alpha value is -1.44. The van der Waals surface area contributed by atoms with Gasteiger partial charge in [0.1, 0.15) is 0 Å². The van der Waals surface area contributed by atoms with Gasteiger partial charge < -0.3 is 11.1 Å². The van der Waals surface area contributed by atoms with Gasteiger partial charge in [0.15, 0.2) is 11.6 Å². The minimum Gasteiger partial charge on any atom is -0.399 e. The predicted molar refractivity (Wildman–Crippen MR) is 63.5 cm³/mol. The number of alkyl halides is 3. The van der Waals surface area contributed by atoms with Crippen molar-refractivity contribution in [3.8, 4) is 0 Å². The first-order valence-corrected chi connectivity index (χ1v) is 5.71. The van der Waals surface area contributed by atoms with E-state index in [4.69, 9.17) is 5.73 Å². The van der Waals surface area contributed by atoms with E-state index in [9.17, 15) is 22.0 Å². The van der Waals surface area contributed by atoms with Gasteiger partial charge in [-0.2, -0.15) is 0 Å². The standard InChI is InChI=1S/C11H9F5N2S/c12-7-4-5(17)3-6(9(7)13)11(16)10(14,15)2-1-8(19)18-11/h3-4H,1-2,17H2,(H,18,19)/t11-/m1/s1. The second-order valence-corrected chi connectivity index (χ2v) is 4.77. The van der Waals surface area contributed by atoms with Gasteiger partial charge in [-0.3, -0.25) is 0 Å². The van der Waals surface area contributed by atoms with E-state index < -0.39 is 35.3 Å². The number of thiocarbonyl (C=S) groups is 1. The van der Waals surface area contributed by atoms with Gasteiger partial charge in [0, 0.05) is 18.5 Å². The van der Waals surface area contributed by atoms with Crippen molar-refractivity contribution in [2.24, 2.45) is 0 Å². The first kappa shape index (κ1) is 14.0. The van der Waals surface area contributed by atoms with Crippen LogP contribution in [0.2, 0.25) is 0 Å². The molecular formula is C11H9F5N2S. The fourth-order valence-corrected chi connectivity index (χ4v) is 2.16. The van der Waals surface area contributed by atoms with Crippen LogP contribution in [0.15, 0.2) is 12.1 Å². The Morgan fingerprint density at radius 2 is 1.84 bits per heavy atom. The SMILES string of the molecule is Nc1cc(F)c(F)c([C@@]2(F)NC(=S)CCC2(F)F)c1. The summed E-state index contributed by atoms with van der Waals surface area (Å²) in [5, 5.41) is 1.75. The Morgan fingerprint density at radius 1 is 1.21 bits per heavy atom. The lowest BCUT2D eigenvalue weighted by molar-refractivity contribution is -0.164. The molecule has 3 N–H and O–H groups in total. The molecule has 0 radical (unpaired) electrons. The number of halogens is 5. The topological polar surface area (TPSA) is 38.0 Å². The molecule has 1 heterocycles. The second-order valence-electron chi connectivity index (χ2n) is 4.28. The van der Waals surface area contributed by atoms with Crippen LogP contribution in [0.3, 0.4) is 0 Å². The van der Waals surface area contributed by atoms with Crippen molar-refractivity contribution in [3.05, 3.63) is 29.3 Å². The van der Waals surface area contributed by atoms with Crippen molar-refractivity contribution >= 4 is 22.9 Å². The van der Waals surface area contributed by atoms with E-state index in [1.54, 1.807) is 5.32 Å². The van der Waals surface area contributed by atoms with Gasteiger partial charge in [-0.1, -0.05) is 12.2 Å². The van der Waals surface area contributed by atoms with Crippen molar-refractivity contribution in [3.63, 3.8) is 0 Å².